The molecule has 3 aromatic rings. The maximum absolute atomic E-state index is 13.8. The molecular formula is C27H34N4O5S. The fourth-order valence-electron chi connectivity index (χ4n) is 3.78. The van der Waals surface area contributed by atoms with Gasteiger partial charge in [-0.05, 0) is 49.7 Å². The van der Waals surface area contributed by atoms with Crippen LogP contribution in [0, 0.1) is 0 Å². The zero-order valence-corrected chi connectivity index (χ0v) is 22.4. The monoisotopic (exact) mass is 526 g/mol. The molecule has 2 N–H and O–H groups in total. The second-order valence-electron chi connectivity index (χ2n) is 8.41. The maximum Gasteiger partial charge on any atom is 0.264 e. The summed E-state index contributed by atoms with van der Waals surface area (Å²) < 4.78 is 39.4. The summed E-state index contributed by atoms with van der Waals surface area (Å²) in [7, 11) is -1.20. The van der Waals surface area contributed by atoms with Crippen LogP contribution in [0.2, 0.25) is 0 Å². The summed E-state index contributed by atoms with van der Waals surface area (Å²) in [6.07, 6.45) is 5.13. The smallest absolute Gasteiger partial charge is 0.264 e. The second-order valence-corrected chi connectivity index (χ2v) is 10.3. The van der Waals surface area contributed by atoms with Gasteiger partial charge in [0.2, 0.25) is 5.91 Å². The van der Waals surface area contributed by atoms with Gasteiger partial charge in [-0.1, -0.05) is 37.6 Å². The Bertz CT molecular complexity index is 1280. The Morgan fingerprint density at radius 2 is 1.73 bits per heavy atom. The molecule has 37 heavy (non-hydrogen) atoms. The third-order valence-corrected chi connectivity index (χ3v) is 7.64. The van der Waals surface area contributed by atoms with Gasteiger partial charge in [0, 0.05) is 18.3 Å². The molecule has 1 aromatic heterocycles. The first kappa shape index (κ1) is 27.9. The number of nitrogens with one attached hydrogen (secondary N) is 2. The highest BCUT2D eigenvalue weighted by Gasteiger charge is 2.29. The number of rotatable bonds is 13. The molecule has 0 spiro atoms. The van der Waals surface area contributed by atoms with Crippen molar-refractivity contribution in [3.05, 3.63) is 72.6 Å². The molecule has 1 heterocycles. The zero-order chi connectivity index (χ0) is 26.8. The van der Waals surface area contributed by atoms with Gasteiger partial charge in [0.15, 0.2) is 0 Å². The molecule has 3 rings (SSSR count). The number of carbonyl (C=O) groups excluding carboxylic acids is 1. The minimum atomic E-state index is -4.13. The molecule has 1 amide bonds. The molecule has 0 fully saturated rings. The van der Waals surface area contributed by atoms with E-state index in [-0.39, 0.29) is 16.6 Å². The molecule has 0 aliphatic carbocycles. The van der Waals surface area contributed by atoms with Crippen LogP contribution in [0.4, 0.5) is 11.4 Å². The zero-order valence-electron chi connectivity index (χ0n) is 21.6. The Kier molecular flexibility index (Phi) is 9.87. The van der Waals surface area contributed by atoms with Crippen LogP contribution in [-0.4, -0.2) is 46.6 Å². The van der Waals surface area contributed by atoms with Gasteiger partial charge in [0.05, 0.1) is 31.0 Å². The molecule has 1 atom stereocenters. The van der Waals surface area contributed by atoms with E-state index >= 15 is 0 Å². The number of ether oxygens (including phenoxy) is 2. The van der Waals surface area contributed by atoms with Crippen LogP contribution < -0.4 is 24.4 Å². The first-order valence-corrected chi connectivity index (χ1v) is 13.5. The van der Waals surface area contributed by atoms with Crippen LogP contribution in [0.5, 0.6) is 11.5 Å². The molecule has 198 valence electrons. The number of para-hydroxylation sites is 2. The SMILES string of the molecule is CCCCNC(C)c1ccc(S(=O)(=O)N(CC(=O)Nc2cnccc2OC)c2ccccc2OC)cc1. The number of nitrogens with zero attached hydrogens (tertiary/aromatic N) is 2. The van der Waals surface area contributed by atoms with Gasteiger partial charge in [0.25, 0.3) is 10.0 Å². The third kappa shape index (κ3) is 6.99. The highest BCUT2D eigenvalue weighted by Crippen LogP contribution is 2.33. The first-order valence-electron chi connectivity index (χ1n) is 12.1. The molecule has 0 saturated heterocycles. The number of benzene rings is 2. The van der Waals surface area contributed by atoms with E-state index in [0.29, 0.717) is 17.2 Å². The van der Waals surface area contributed by atoms with E-state index in [1.807, 2.05) is 6.92 Å². The topological polar surface area (TPSA) is 110 Å². The molecule has 0 saturated carbocycles. The summed E-state index contributed by atoms with van der Waals surface area (Å²) in [6, 6.07) is 15.0. The lowest BCUT2D eigenvalue weighted by Gasteiger charge is -2.26. The van der Waals surface area contributed by atoms with E-state index in [1.54, 1.807) is 54.6 Å². The maximum atomic E-state index is 13.8. The number of hydrogen-bond acceptors (Lipinski definition) is 7. The fraction of sp³-hybridized carbons (Fsp3) is 0.333. The number of aromatic nitrogens is 1. The largest absolute Gasteiger partial charge is 0.495 e. The molecule has 9 nitrogen and oxygen atoms in total. The Hall–Kier alpha value is -3.63. The van der Waals surface area contributed by atoms with Crippen molar-refractivity contribution < 1.29 is 22.7 Å². The highest BCUT2D eigenvalue weighted by atomic mass is 32.2. The summed E-state index contributed by atoms with van der Waals surface area (Å²) in [5, 5.41) is 6.13. The molecule has 10 heteroatoms. The number of anilines is 2. The second kappa shape index (κ2) is 13.1. The number of methoxy groups -OCH3 is 2. The van der Waals surface area contributed by atoms with Gasteiger partial charge in [0.1, 0.15) is 23.7 Å². The van der Waals surface area contributed by atoms with Crippen molar-refractivity contribution in [3.63, 3.8) is 0 Å². The highest BCUT2D eigenvalue weighted by molar-refractivity contribution is 7.92. The average Bonchev–Trinajstić information content (AvgIpc) is 2.92. The number of unbranched alkanes of at least 4 members (excludes halogenated alkanes) is 1. The van der Waals surface area contributed by atoms with Crippen molar-refractivity contribution in [1.29, 1.82) is 0 Å². The Morgan fingerprint density at radius 1 is 1.03 bits per heavy atom. The minimum Gasteiger partial charge on any atom is -0.495 e. The lowest BCUT2D eigenvalue weighted by Crippen LogP contribution is -2.38. The summed E-state index contributed by atoms with van der Waals surface area (Å²) in [5.74, 6) is 0.168. The molecular weight excluding hydrogens is 492 g/mol. The van der Waals surface area contributed by atoms with E-state index in [0.717, 1.165) is 29.3 Å². The van der Waals surface area contributed by atoms with Crippen LogP contribution in [0.25, 0.3) is 0 Å². The van der Waals surface area contributed by atoms with Gasteiger partial charge in [-0.3, -0.25) is 14.1 Å². The van der Waals surface area contributed by atoms with Crippen LogP contribution in [0.1, 0.15) is 38.3 Å². The fourth-order valence-corrected chi connectivity index (χ4v) is 5.21. The number of sulfonamides is 1. The van der Waals surface area contributed by atoms with Gasteiger partial charge in [-0.15, -0.1) is 0 Å². The van der Waals surface area contributed by atoms with Gasteiger partial charge >= 0.3 is 0 Å². The van der Waals surface area contributed by atoms with Crippen LogP contribution in [0.15, 0.2) is 71.9 Å². The van der Waals surface area contributed by atoms with Crippen LogP contribution >= 0.6 is 0 Å². The Labute approximate surface area is 218 Å². The Morgan fingerprint density at radius 3 is 2.41 bits per heavy atom. The van der Waals surface area contributed by atoms with Crippen molar-refractivity contribution in [2.24, 2.45) is 0 Å². The van der Waals surface area contributed by atoms with E-state index in [4.69, 9.17) is 9.47 Å². The van der Waals surface area contributed by atoms with Crippen LogP contribution in [0.3, 0.4) is 0 Å². The first-order chi connectivity index (χ1) is 17.8. The standard InChI is InChI=1S/C27H34N4O5S/c1-5-6-16-29-20(2)21-11-13-22(14-12-21)37(33,34)31(24-9-7-8-10-26(24)36-4)19-27(32)30-23-18-28-17-15-25(23)35-3/h7-15,17-18,20,29H,5-6,16,19H2,1-4H3,(H,30,32). The quantitative estimate of drug-likeness (QED) is 0.318. The average molecular weight is 527 g/mol. The molecule has 0 aliphatic heterocycles. The van der Waals surface area contributed by atoms with E-state index in [9.17, 15) is 13.2 Å². The van der Waals surface area contributed by atoms with Crippen molar-refractivity contribution in [3.8, 4) is 11.5 Å². The Balaban J connectivity index is 1.92. The lowest BCUT2D eigenvalue weighted by atomic mass is 10.1. The van der Waals surface area contributed by atoms with Crippen molar-refractivity contribution in [2.45, 2.75) is 37.6 Å². The molecule has 0 aliphatic rings. The molecule has 2 aromatic carbocycles. The lowest BCUT2D eigenvalue weighted by molar-refractivity contribution is -0.114. The number of carbonyl (C=O) groups is 1. The summed E-state index contributed by atoms with van der Waals surface area (Å²) >= 11 is 0. The number of amides is 1. The van der Waals surface area contributed by atoms with E-state index in [1.165, 1.54) is 26.6 Å². The van der Waals surface area contributed by atoms with E-state index in [2.05, 4.69) is 22.5 Å². The molecule has 1 unspecified atom stereocenters. The van der Waals surface area contributed by atoms with Crippen molar-refractivity contribution in [2.75, 3.05) is 36.9 Å². The predicted octanol–water partition coefficient (Wildman–Crippen LogP) is 4.38. The van der Waals surface area contributed by atoms with Crippen LogP contribution in [-0.2, 0) is 14.8 Å². The molecule has 0 bridgehead atoms. The number of hydrogen-bond donors (Lipinski definition) is 2. The summed E-state index contributed by atoms with van der Waals surface area (Å²) in [6.45, 7) is 4.57. The van der Waals surface area contributed by atoms with Gasteiger partial charge in [-0.25, -0.2) is 8.42 Å². The predicted molar refractivity (Wildman–Crippen MR) is 145 cm³/mol. The third-order valence-electron chi connectivity index (χ3n) is 5.87. The van der Waals surface area contributed by atoms with Crippen molar-refractivity contribution in [1.82, 2.24) is 10.3 Å². The normalized spacial score (nSPS) is 12.0. The van der Waals surface area contributed by atoms with Crippen molar-refractivity contribution >= 4 is 27.3 Å². The van der Waals surface area contributed by atoms with E-state index < -0.39 is 22.5 Å². The summed E-state index contributed by atoms with van der Waals surface area (Å²) in [4.78, 5) is 17.1. The van der Waals surface area contributed by atoms with Gasteiger partial charge in [-0.2, -0.15) is 0 Å². The number of pyridine rings is 1. The summed E-state index contributed by atoms with van der Waals surface area (Å²) in [5.41, 5.74) is 1.55. The van der Waals surface area contributed by atoms with Gasteiger partial charge < -0.3 is 20.1 Å². The molecule has 0 radical (unpaired) electrons. The minimum absolute atomic E-state index is 0.0645.